The van der Waals surface area contributed by atoms with Crippen LogP contribution in [0.5, 0.6) is 0 Å². The van der Waals surface area contributed by atoms with Gasteiger partial charge in [-0.15, -0.1) is 0 Å². The predicted octanol–water partition coefficient (Wildman–Crippen LogP) is 2.21. The van der Waals surface area contributed by atoms with Crippen LogP contribution in [0.2, 0.25) is 0 Å². The van der Waals surface area contributed by atoms with E-state index in [0.29, 0.717) is 37.0 Å². The molecule has 5 rings (SSSR count). The van der Waals surface area contributed by atoms with E-state index in [-0.39, 0.29) is 6.54 Å². The van der Waals surface area contributed by atoms with Gasteiger partial charge in [0, 0.05) is 31.2 Å². The number of nitrogens with zero attached hydrogens (tertiary/aromatic N) is 4. The summed E-state index contributed by atoms with van der Waals surface area (Å²) >= 11 is 0. The van der Waals surface area contributed by atoms with Crippen LogP contribution in [-0.4, -0.2) is 55.5 Å². The van der Waals surface area contributed by atoms with Crippen LogP contribution in [0.4, 0.5) is 5.95 Å². The van der Waals surface area contributed by atoms with Gasteiger partial charge in [-0.25, -0.2) is 18.4 Å². The average Bonchev–Trinajstić information content (AvgIpc) is 2.78. The van der Waals surface area contributed by atoms with Gasteiger partial charge in [-0.2, -0.15) is 4.31 Å². The Hall–Kier alpha value is -2.55. The molecule has 1 fully saturated rings. The standard InChI is InChI=1S/C21H22N4O3S/c26-29(27,20-7-3-5-16-4-1-2-6-18(16)20)25-9-8-17-14-22-21(23-19(17)15-25)24-10-12-28-13-11-24/h1-7,14H,8-13,15H2. The molecule has 7 nitrogen and oxygen atoms in total. The van der Waals surface area contributed by atoms with Crippen molar-refractivity contribution in [2.45, 2.75) is 17.9 Å². The molecule has 3 heterocycles. The first-order valence-corrected chi connectivity index (χ1v) is 11.2. The van der Waals surface area contributed by atoms with Gasteiger partial charge in [0.25, 0.3) is 0 Å². The van der Waals surface area contributed by atoms with Gasteiger partial charge < -0.3 is 9.64 Å². The fourth-order valence-corrected chi connectivity index (χ4v) is 5.57. The molecule has 0 aliphatic carbocycles. The van der Waals surface area contributed by atoms with Crippen LogP contribution in [0.3, 0.4) is 0 Å². The van der Waals surface area contributed by atoms with E-state index in [1.54, 1.807) is 12.1 Å². The number of fused-ring (bicyclic) bond motifs is 2. The van der Waals surface area contributed by atoms with Crippen LogP contribution < -0.4 is 4.90 Å². The molecular formula is C21H22N4O3S. The molecule has 2 aliphatic rings. The fraction of sp³-hybridized carbons (Fsp3) is 0.333. The molecule has 150 valence electrons. The molecular weight excluding hydrogens is 388 g/mol. The summed E-state index contributed by atoms with van der Waals surface area (Å²) in [5.74, 6) is 0.649. The lowest BCUT2D eigenvalue weighted by Crippen LogP contribution is -2.39. The highest BCUT2D eigenvalue weighted by Crippen LogP contribution is 2.29. The quantitative estimate of drug-likeness (QED) is 0.659. The van der Waals surface area contributed by atoms with Crippen molar-refractivity contribution >= 4 is 26.7 Å². The molecule has 0 unspecified atom stereocenters. The van der Waals surface area contributed by atoms with E-state index in [2.05, 4.69) is 9.88 Å². The molecule has 0 saturated carbocycles. The van der Waals surface area contributed by atoms with E-state index < -0.39 is 10.0 Å². The lowest BCUT2D eigenvalue weighted by Gasteiger charge is -2.30. The molecule has 0 radical (unpaired) electrons. The summed E-state index contributed by atoms with van der Waals surface area (Å²) in [7, 11) is -3.63. The van der Waals surface area contributed by atoms with Crippen LogP contribution in [0.1, 0.15) is 11.3 Å². The number of ether oxygens (including phenoxy) is 1. The third-order valence-corrected chi connectivity index (χ3v) is 7.46. The van der Waals surface area contributed by atoms with Crippen molar-refractivity contribution in [1.82, 2.24) is 14.3 Å². The summed E-state index contributed by atoms with van der Waals surface area (Å²) < 4.78 is 33.8. The smallest absolute Gasteiger partial charge is 0.244 e. The minimum atomic E-state index is -3.63. The number of rotatable bonds is 3. The number of morpholine rings is 1. The van der Waals surface area contributed by atoms with Gasteiger partial charge in [0.1, 0.15) is 0 Å². The van der Waals surface area contributed by atoms with Crippen molar-refractivity contribution in [3.8, 4) is 0 Å². The number of hydrogen-bond donors (Lipinski definition) is 0. The van der Waals surface area contributed by atoms with E-state index in [9.17, 15) is 8.42 Å². The summed E-state index contributed by atoms with van der Waals surface area (Å²) in [5.41, 5.74) is 1.81. The second kappa shape index (κ2) is 7.37. The van der Waals surface area contributed by atoms with E-state index in [0.717, 1.165) is 35.1 Å². The van der Waals surface area contributed by atoms with Crippen molar-refractivity contribution in [3.63, 3.8) is 0 Å². The number of anilines is 1. The van der Waals surface area contributed by atoms with Gasteiger partial charge >= 0.3 is 0 Å². The molecule has 0 bridgehead atoms. The maximum atomic E-state index is 13.5. The average molecular weight is 410 g/mol. The second-order valence-corrected chi connectivity index (χ2v) is 9.21. The number of aromatic nitrogens is 2. The van der Waals surface area contributed by atoms with Gasteiger partial charge in [-0.3, -0.25) is 0 Å². The van der Waals surface area contributed by atoms with E-state index in [1.807, 2.05) is 36.5 Å². The minimum Gasteiger partial charge on any atom is -0.378 e. The van der Waals surface area contributed by atoms with Gasteiger partial charge in [-0.1, -0.05) is 36.4 Å². The van der Waals surface area contributed by atoms with E-state index >= 15 is 0 Å². The first-order chi connectivity index (χ1) is 14.1. The summed E-state index contributed by atoms with van der Waals surface area (Å²) in [6, 6.07) is 13.0. The van der Waals surface area contributed by atoms with Crippen molar-refractivity contribution < 1.29 is 13.2 Å². The lowest BCUT2D eigenvalue weighted by atomic mass is 10.1. The first kappa shape index (κ1) is 18.5. The van der Waals surface area contributed by atoms with Gasteiger partial charge in [0.2, 0.25) is 16.0 Å². The molecule has 2 aromatic carbocycles. The Morgan fingerprint density at radius 1 is 0.966 bits per heavy atom. The van der Waals surface area contributed by atoms with Gasteiger partial charge in [-0.05, 0) is 23.4 Å². The summed E-state index contributed by atoms with van der Waals surface area (Å²) in [5, 5.41) is 1.67. The highest BCUT2D eigenvalue weighted by molar-refractivity contribution is 7.89. The van der Waals surface area contributed by atoms with Crippen molar-refractivity contribution in [2.75, 3.05) is 37.7 Å². The molecule has 1 saturated heterocycles. The monoisotopic (exact) mass is 410 g/mol. The Balaban J connectivity index is 1.48. The normalized spacial score (nSPS) is 18.0. The van der Waals surface area contributed by atoms with Crippen LogP contribution >= 0.6 is 0 Å². The molecule has 29 heavy (non-hydrogen) atoms. The topological polar surface area (TPSA) is 75.6 Å². The molecule has 2 aliphatic heterocycles. The van der Waals surface area contributed by atoms with Crippen LogP contribution in [0, 0.1) is 0 Å². The fourth-order valence-electron chi connectivity index (χ4n) is 3.95. The molecule has 1 aromatic heterocycles. The molecule has 0 atom stereocenters. The molecule has 0 amide bonds. The van der Waals surface area contributed by atoms with E-state index in [4.69, 9.17) is 9.72 Å². The minimum absolute atomic E-state index is 0.265. The largest absolute Gasteiger partial charge is 0.378 e. The zero-order chi connectivity index (χ0) is 19.8. The SMILES string of the molecule is O=S(=O)(c1cccc2ccccc12)N1CCc2cnc(N3CCOCC3)nc2C1. The second-order valence-electron chi connectivity index (χ2n) is 7.31. The van der Waals surface area contributed by atoms with Crippen molar-refractivity contribution in [1.29, 1.82) is 0 Å². The Kier molecular flexibility index (Phi) is 4.69. The highest BCUT2D eigenvalue weighted by Gasteiger charge is 2.31. The predicted molar refractivity (Wildman–Crippen MR) is 110 cm³/mol. The van der Waals surface area contributed by atoms with Gasteiger partial charge in [0.05, 0.1) is 30.3 Å². The number of hydrogen-bond acceptors (Lipinski definition) is 6. The lowest BCUT2D eigenvalue weighted by molar-refractivity contribution is 0.122. The summed E-state index contributed by atoms with van der Waals surface area (Å²) in [4.78, 5) is 11.6. The molecule has 0 N–H and O–H groups in total. The Morgan fingerprint density at radius 2 is 1.76 bits per heavy atom. The third kappa shape index (κ3) is 3.37. The Labute approximate surface area is 170 Å². The molecule has 0 spiro atoms. The van der Waals surface area contributed by atoms with Crippen molar-refractivity contribution in [3.05, 3.63) is 59.9 Å². The van der Waals surface area contributed by atoms with Crippen LogP contribution in [0.15, 0.2) is 53.6 Å². The Morgan fingerprint density at radius 3 is 2.62 bits per heavy atom. The van der Waals surface area contributed by atoms with E-state index in [1.165, 1.54) is 4.31 Å². The number of benzene rings is 2. The maximum Gasteiger partial charge on any atom is 0.244 e. The zero-order valence-electron chi connectivity index (χ0n) is 16.0. The zero-order valence-corrected chi connectivity index (χ0v) is 16.8. The maximum absolute atomic E-state index is 13.5. The van der Waals surface area contributed by atoms with Crippen LogP contribution in [0.25, 0.3) is 10.8 Å². The van der Waals surface area contributed by atoms with Crippen molar-refractivity contribution in [2.24, 2.45) is 0 Å². The molecule has 3 aromatic rings. The van der Waals surface area contributed by atoms with Crippen LogP contribution in [-0.2, 0) is 27.7 Å². The summed E-state index contributed by atoms with van der Waals surface area (Å²) in [6.45, 7) is 3.50. The molecule has 8 heteroatoms. The highest BCUT2D eigenvalue weighted by atomic mass is 32.2. The third-order valence-electron chi connectivity index (χ3n) is 5.56. The summed E-state index contributed by atoms with van der Waals surface area (Å²) in [6.07, 6.45) is 2.46. The number of sulfonamides is 1. The van der Waals surface area contributed by atoms with Gasteiger partial charge in [0.15, 0.2) is 0 Å². The first-order valence-electron chi connectivity index (χ1n) is 9.78. The Bertz CT molecular complexity index is 1150.